The van der Waals surface area contributed by atoms with E-state index in [1.54, 1.807) is 56.7 Å². The topological polar surface area (TPSA) is 97.4 Å². The Hall–Kier alpha value is -3.79. The van der Waals surface area contributed by atoms with Crippen molar-refractivity contribution in [3.8, 4) is 28.9 Å². The molecule has 29 heavy (non-hydrogen) atoms. The summed E-state index contributed by atoms with van der Waals surface area (Å²) in [5.74, 6) is 1.63. The van der Waals surface area contributed by atoms with Gasteiger partial charge in [0.05, 0.1) is 37.0 Å². The third kappa shape index (κ3) is 3.41. The number of hydrogen-bond acceptors (Lipinski definition) is 6. The van der Waals surface area contributed by atoms with Crippen LogP contribution in [-0.2, 0) is 10.2 Å². The van der Waals surface area contributed by atoms with Gasteiger partial charge in [-0.05, 0) is 55.3 Å². The highest BCUT2D eigenvalue weighted by atomic mass is 16.5. The molecule has 1 N–H and O–H groups in total. The second-order valence-electron chi connectivity index (χ2n) is 6.87. The van der Waals surface area contributed by atoms with Crippen molar-refractivity contribution in [2.45, 2.75) is 18.3 Å². The van der Waals surface area contributed by atoms with E-state index in [1.807, 2.05) is 6.07 Å². The monoisotopic (exact) mass is 389 g/mol. The molecule has 1 fully saturated rings. The number of amides is 1. The molecule has 3 aromatic rings. The van der Waals surface area contributed by atoms with Crippen molar-refractivity contribution < 1.29 is 18.8 Å². The summed E-state index contributed by atoms with van der Waals surface area (Å²) in [5.41, 5.74) is 1.88. The number of ether oxygens (including phenoxy) is 2. The van der Waals surface area contributed by atoms with Crippen molar-refractivity contribution in [1.82, 2.24) is 5.16 Å². The van der Waals surface area contributed by atoms with Gasteiger partial charge in [0.25, 0.3) is 0 Å². The zero-order valence-corrected chi connectivity index (χ0v) is 16.1. The van der Waals surface area contributed by atoms with Crippen LogP contribution in [0.4, 0.5) is 5.69 Å². The molecule has 1 aliphatic rings. The first-order chi connectivity index (χ1) is 14.1. The Labute approximate surface area is 167 Å². The molecule has 1 heterocycles. The zero-order valence-electron chi connectivity index (χ0n) is 16.1. The Morgan fingerprint density at radius 1 is 1.10 bits per heavy atom. The summed E-state index contributed by atoms with van der Waals surface area (Å²) in [6.45, 7) is 0. The number of hydrogen-bond donors (Lipinski definition) is 1. The van der Waals surface area contributed by atoms with Crippen LogP contribution in [0.2, 0.25) is 0 Å². The molecule has 2 aromatic carbocycles. The number of carbonyl (C=O) groups is 1. The molecule has 0 saturated heterocycles. The van der Waals surface area contributed by atoms with Gasteiger partial charge in [-0.3, -0.25) is 4.79 Å². The first kappa shape index (κ1) is 18.6. The van der Waals surface area contributed by atoms with Crippen molar-refractivity contribution >= 4 is 11.6 Å². The average molecular weight is 389 g/mol. The number of nitrogens with zero attached hydrogens (tertiary/aromatic N) is 2. The van der Waals surface area contributed by atoms with E-state index in [1.165, 1.54) is 0 Å². The van der Waals surface area contributed by atoms with E-state index >= 15 is 0 Å². The molecular formula is C22H19N3O4. The lowest BCUT2D eigenvalue weighted by Crippen LogP contribution is -2.28. The van der Waals surface area contributed by atoms with Crippen LogP contribution in [0.5, 0.6) is 11.5 Å². The Morgan fingerprint density at radius 3 is 2.45 bits per heavy atom. The average Bonchev–Trinajstić information content (AvgIpc) is 3.43. The van der Waals surface area contributed by atoms with Gasteiger partial charge in [-0.1, -0.05) is 5.16 Å². The summed E-state index contributed by atoms with van der Waals surface area (Å²) < 4.78 is 16.1. The highest BCUT2D eigenvalue weighted by Gasteiger charge is 2.53. The second kappa shape index (κ2) is 7.32. The van der Waals surface area contributed by atoms with E-state index in [0.29, 0.717) is 47.0 Å². The molecule has 0 spiro atoms. The van der Waals surface area contributed by atoms with Gasteiger partial charge >= 0.3 is 0 Å². The van der Waals surface area contributed by atoms with Crippen molar-refractivity contribution in [2.24, 2.45) is 0 Å². The summed E-state index contributed by atoms with van der Waals surface area (Å²) in [4.78, 5) is 12.9. The molecule has 0 bridgehead atoms. The van der Waals surface area contributed by atoms with Crippen LogP contribution in [0.25, 0.3) is 11.3 Å². The van der Waals surface area contributed by atoms with Gasteiger partial charge in [-0.15, -0.1) is 0 Å². The minimum atomic E-state index is -0.688. The number of anilines is 1. The van der Waals surface area contributed by atoms with E-state index in [2.05, 4.69) is 16.5 Å². The Balaban J connectivity index is 1.55. The lowest BCUT2D eigenvalue weighted by molar-refractivity contribution is -0.118. The molecule has 146 valence electrons. The molecule has 1 aromatic heterocycles. The smallest absolute Gasteiger partial charge is 0.236 e. The summed E-state index contributed by atoms with van der Waals surface area (Å²) in [7, 11) is 3.15. The number of methoxy groups -OCH3 is 2. The van der Waals surface area contributed by atoms with Crippen LogP contribution >= 0.6 is 0 Å². The van der Waals surface area contributed by atoms with Crippen LogP contribution in [0.3, 0.4) is 0 Å². The predicted molar refractivity (Wildman–Crippen MR) is 106 cm³/mol. The van der Waals surface area contributed by atoms with Crippen LogP contribution in [0.15, 0.2) is 53.1 Å². The fourth-order valence-electron chi connectivity index (χ4n) is 3.23. The second-order valence-corrected chi connectivity index (χ2v) is 6.87. The number of rotatable bonds is 6. The number of nitrogens with one attached hydrogen (secondary N) is 1. The highest BCUT2D eigenvalue weighted by molar-refractivity contribution is 6.01. The number of benzene rings is 2. The van der Waals surface area contributed by atoms with Crippen LogP contribution in [0.1, 0.15) is 24.1 Å². The van der Waals surface area contributed by atoms with E-state index < -0.39 is 5.41 Å². The molecule has 1 saturated carbocycles. The van der Waals surface area contributed by atoms with E-state index in [9.17, 15) is 4.79 Å². The van der Waals surface area contributed by atoms with Crippen LogP contribution in [0, 0.1) is 11.3 Å². The third-order valence-electron chi connectivity index (χ3n) is 5.13. The van der Waals surface area contributed by atoms with Crippen molar-refractivity contribution in [3.63, 3.8) is 0 Å². The maximum Gasteiger partial charge on any atom is 0.236 e. The van der Waals surface area contributed by atoms with Gasteiger partial charge in [0.15, 0.2) is 17.3 Å². The normalized spacial score (nSPS) is 14.0. The first-order valence-electron chi connectivity index (χ1n) is 9.11. The first-order valence-corrected chi connectivity index (χ1v) is 9.11. The SMILES string of the molecule is COc1ccc(-c2cc(C3(C(=O)Nc4ccc(C#N)cc4)CC3)no2)cc1OC. The Morgan fingerprint density at radius 2 is 1.83 bits per heavy atom. The molecule has 7 heteroatoms. The minimum absolute atomic E-state index is 0.130. The molecule has 0 aliphatic heterocycles. The predicted octanol–water partition coefficient (Wildman–Crippen LogP) is 3.90. The largest absolute Gasteiger partial charge is 0.493 e. The number of aromatic nitrogens is 1. The van der Waals surface area contributed by atoms with Crippen LogP contribution < -0.4 is 14.8 Å². The summed E-state index contributed by atoms with van der Waals surface area (Å²) in [6, 6.07) is 16.1. The number of carbonyl (C=O) groups excluding carboxylic acids is 1. The van der Waals surface area contributed by atoms with Gasteiger partial charge < -0.3 is 19.3 Å². The highest BCUT2D eigenvalue weighted by Crippen LogP contribution is 2.49. The molecule has 7 nitrogen and oxygen atoms in total. The molecule has 0 radical (unpaired) electrons. The lowest BCUT2D eigenvalue weighted by Gasteiger charge is -2.12. The molecular weight excluding hydrogens is 370 g/mol. The van der Waals surface area contributed by atoms with Crippen LogP contribution in [-0.4, -0.2) is 25.3 Å². The van der Waals surface area contributed by atoms with Gasteiger partial charge in [0, 0.05) is 17.3 Å². The van der Waals surface area contributed by atoms with Gasteiger partial charge in [-0.2, -0.15) is 5.26 Å². The minimum Gasteiger partial charge on any atom is -0.493 e. The maximum atomic E-state index is 12.9. The molecule has 0 atom stereocenters. The zero-order chi connectivity index (χ0) is 20.4. The maximum absolute atomic E-state index is 12.9. The summed E-state index contributed by atoms with van der Waals surface area (Å²) in [5, 5.41) is 16.0. The molecule has 0 unspecified atom stereocenters. The van der Waals surface area contributed by atoms with E-state index in [4.69, 9.17) is 19.3 Å². The van der Waals surface area contributed by atoms with Crippen molar-refractivity contribution in [2.75, 3.05) is 19.5 Å². The molecule has 4 rings (SSSR count). The Kier molecular flexibility index (Phi) is 4.69. The third-order valence-corrected chi connectivity index (χ3v) is 5.13. The van der Waals surface area contributed by atoms with Gasteiger partial charge in [0.2, 0.25) is 5.91 Å². The quantitative estimate of drug-likeness (QED) is 0.687. The van der Waals surface area contributed by atoms with Gasteiger partial charge in [-0.25, -0.2) is 0 Å². The molecule has 1 amide bonds. The van der Waals surface area contributed by atoms with Gasteiger partial charge in [0.1, 0.15) is 0 Å². The lowest BCUT2D eigenvalue weighted by atomic mass is 10.00. The number of nitriles is 1. The van der Waals surface area contributed by atoms with Crippen molar-refractivity contribution in [1.29, 1.82) is 5.26 Å². The fourth-order valence-corrected chi connectivity index (χ4v) is 3.23. The standard InChI is InChI=1S/C22H19N3O4/c1-27-17-8-5-15(11-19(17)28-2)18-12-20(25-29-18)22(9-10-22)21(26)24-16-6-3-14(13-23)4-7-16/h3-8,11-12H,9-10H2,1-2H3,(H,24,26). The Bertz CT molecular complexity index is 1090. The summed E-state index contributed by atoms with van der Waals surface area (Å²) in [6.07, 6.45) is 1.40. The van der Waals surface area contributed by atoms with E-state index in [0.717, 1.165) is 5.56 Å². The molecule has 1 aliphatic carbocycles. The van der Waals surface area contributed by atoms with Crippen molar-refractivity contribution in [3.05, 3.63) is 59.8 Å². The summed E-state index contributed by atoms with van der Waals surface area (Å²) >= 11 is 0. The van der Waals surface area contributed by atoms with E-state index in [-0.39, 0.29) is 5.91 Å². The fraction of sp³-hybridized carbons (Fsp3) is 0.227.